The van der Waals surface area contributed by atoms with Crippen LogP contribution in [0.5, 0.6) is 0 Å². The molecule has 8 rings (SSSR count). The highest BCUT2D eigenvalue weighted by atomic mass is 32.1. The number of unbranched alkanes of at least 4 members (excludes halogenated alkanes) is 1. The summed E-state index contributed by atoms with van der Waals surface area (Å²) in [6, 6.07) is 15.5. The molecule has 0 aliphatic rings. The average molecular weight is 1030 g/mol. The first kappa shape index (κ1) is 53.3. The molecule has 0 aliphatic heterocycles. The fourth-order valence-electron chi connectivity index (χ4n) is 9.37. The Morgan fingerprint density at radius 2 is 1.12 bits per heavy atom. The Kier molecular flexibility index (Phi) is 14.3. The van der Waals surface area contributed by atoms with Gasteiger partial charge in [-0.15, -0.1) is 40.4 Å². The van der Waals surface area contributed by atoms with E-state index in [9.17, 15) is 10.5 Å². The molecule has 6 heterocycles. The van der Waals surface area contributed by atoms with Gasteiger partial charge in [0, 0.05) is 34.2 Å². The Balaban J connectivity index is 1.30. The van der Waals surface area contributed by atoms with E-state index in [1.807, 2.05) is 76.2 Å². The Hall–Kier alpha value is -7.97. The first-order valence-electron chi connectivity index (χ1n) is 25.2. The van der Waals surface area contributed by atoms with Crippen LogP contribution in [-0.4, -0.2) is 61.1 Å². The predicted octanol–water partition coefficient (Wildman–Crippen LogP) is 14.3. The van der Waals surface area contributed by atoms with E-state index < -0.39 is 16.2 Å². The molecule has 0 unspecified atom stereocenters. The van der Waals surface area contributed by atoms with Crippen LogP contribution in [0, 0.1) is 78.1 Å². The number of nitriles is 2. The highest BCUT2D eigenvalue weighted by Crippen LogP contribution is 2.43. The van der Waals surface area contributed by atoms with Crippen LogP contribution in [0.15, 0.2) is 50.8 Å². The van der Waals surface area contributed by atoms with Gasteiger partial charge >= 0.3 is 0 Å². The van der Waals surface area contributed by atoms with Crippen LogP contribution in [-0.2, 0) is 16.2 Å². The lowest BCUT2D eigenvalue weighted by Crippen LogP contribution is -2.22. The zero-order valence-electron chi connectivity index (χ0n) is 46.5. The third kappa shape index (κ3) is 10.4. The zero-order valence-corrected chi connectivity index (χ0v) is 47.3. The van der Waals surface area contributed by atoms with Crippen molar-refractivity contribution in [2.45, 2.75) is 154 Å². The predicted molar refractivity (Wildman–Crippen MR) is 296 cm³/mol. The topological polar surface area (TPSA) is 233 Å². The molecule has 19 nitrogen and oxygen atoms in total. The Morgan fingerprint density at radius 3 is 1.60 bits per heavy atom. The second-order valence-electron chi connectivity index (χ2n) is 22.6. The minimum atomic E-state index is -0.591. The number of fused-ring (bicyclic) bond motifs is 1. The molecule has 0 saturated carbocycles. The largest absolute Gasteiger partial charge is 0.338 e. The highest BCUT2D eigenvalue weighted by molar-refractivity contribution is 7.16. The Morgan fingerprint density at radius 1 is 0.627 bits per heavy atom. The number of aryl methyl sites for hydroxylation is 8. The van der Waals surface area contributed by atoms with Gasteiger partial charge in [0.1, 0.15) is 40.6 Å². The van der Waals surface area contributed by atoms with Crippen molar-refractivity contribution in [3.05, 3.63) is 103 Å². The summed E-state index contributed by atoms with van der Waals surface area (Å²) >= 11 is 1.13. The van der Waals surface area contributed by atoms with E-state index in [1.165, 1.54) is 30.7 Å². The molecule has 0 spiro atoms. The lowest BCUT2D eigenvalue weighted by Gasteiger charge is -2.29. The third-order valence-electron chi connectivity index (χ3n) is 12.7. The maximum atomic E-state index is 10.9. The van der Waals surface area contributed by atoms with Gasteiger partial charge < -0.3 is 15.2 Å². The lowest BCUT2D eigenvalue weighted by molar-refractivity contribution is 0.556. The quantitative estimate of drug-likeness (QED) is 0.103. The molecule has 8 aromatic rings. The number of anilines is 4. The number of nitrogens with one attached hydrogen (secondary N) is 2. The minimum absolute atomic E-state index is 0.153. The van der Waals surface area contributed by atoms with E-state index in [2.05, 4.69) is 121 Å². The van der Waals surface area contributed by atoms with Gasteiger partial charge in [-0.2, -0.15) is 35.2 Å². The lowest BCUT2D eigenvalue weighted by atomic mass is 9.89. The Bertz CT molecular complexity index is 3600. The van der Waals surface area contributed by atoms with Gasteiger partial charge in [0.15, 0.2) is 28.8 Å². The molecule has 0 atom stereocenters. The van der Waals surface area contributed by atoms with Gasteiger partial charge in [0.05, 0.1) is 17.1 Å². The molecule has 75 heavy (non-hydrogen) atoms. The van der Waals surface area contributed by atoms with E-state index in [0.717, 1.165) is 70.2 Å². The summed E-state index contributed by atoms with van der Waals surface area (Å²) in [5.74, 6) is 2.24. The zero-order chi connectivity index (χ0) is 54.6. The second-order valence-corrected chi connectivity index (χ2v) is 23.5. The first-order chi connectivity index (χ1) is 35.2. The van der Waals surface area contributed by atoms with E-state index in [-0.39, 0.29) is 33.0 Å². The molecular formula is C55H67N19S. The summed E-state index contributed by atoms with van der Waals surface area (Å²) < 4.78 is 4.49. The summed E-state index contributed by atoms with van der Waals surface area (Å²) in [4.78, 5) is 10.9. The van der Waals surface area contributed by atoms with Gasteiger partial charge in [-0.1, -0.05) is 122 Å². The molecule has 20 heteroatoms. The summed E-state index contributed by atoms with van der Waals surface area (Å²) in [7, 11) is 0. The average Bonchev–Trinajstić information content (AvgIpc) is 4.14. The van der Waals surface area contributed by atoms with E-state index in [4.69, 9.17) is 40.7 Å². The number of aromatic amines is 1. The van der Waals surface area contributed by atoms with Crippen LogP contribution >= 0.6 is 11.3 Å². The first-order valence-corrected chi connectivity index (χ1v) is 26.0. The number of hydrogen-bond acceptors (Lipinski definition) is 16. The summed E-state index contributed by atoms with van der Waals surface area (Å²) in [5.41, 5.74) is 11.7. The molecule has 0 saturated heterocycles. The Labute approximate surface area is 442 Å². The van der Waals surface area contributed by atoms with E-state index in [0.29, 0.717) is 45.7 Å². The van der Waals surface area contributed by atoms with E-state index >= 15 is 0 Å². The molecular weight excluding hydrogens is 959 g/mol. The normalized spacial score (nSPS) is 12.4. The SMILES string of the molecule is CCCCN(c1cc(C)c(N=Nc2c(C#N)c(C(C)(C)C)nn2-c2nnc(-n3nc(C(C)(C)C)c(C#N)c3N=Nc3c(C(C)(C)C)nn4nc(C)[nH]c34)s2)c(Nc2c(C)cc(C)cc2C)n1)c1c(C)cc(C)cc1C. The molecule has 0 bridgehead atoms. The van der Waals surface area contributed by atoms with Crippen molar-refractivity contribution >= 4 is 63.0 Å². The van der Waals surface area contributed by atoms with Crippen LogP contribution in [0.4, 0.5) is 46.0 Å². The fraction of sp³-hybridized carbons (Fsp3) is 0.436. The standard InChI is InChI=1S/C55H67N19S/c1-19-20-21-71(43-34(7)24-30(3)25-35(43)8)39-26-33(6)41(47(59-39)60-40-31(4)22-29(2)23-32(40)5)61-63-48-37(27-56)44(53(10,11)12)68-72(48)51-65-66-52(75-51)73-49(38(28-57)45(69-73)54(13,14)15)64-62-42-46(55(16,17)18)70-74-50(42)58-36(9)67-74/h22-26H,19-21H2,1-18H3,(H,58,67)(H,59,60). The molecule has 6 aromatic heterocycles. The number of hydrogen-bond donors (Lipinski definition) is 2. The van der Waals surface area contributed by atoms with Gasteiger partial charge in [-0.3, -0.25) is 0 Å². The maximum absolute atomic E-state index is 10.9. The molecule has 388 valence electrons. The summed E-state index contributed by atoms with van der Waals surface area (Å²) in [6.07, 6.45) is 1.97. The number of rotatable bonds is 13. The second kappa shape index (κ2) is 20.0. The van der Waals surface area contributed by atoms with Crippen LogP contribution in [0.1, 0.15) is 155 Å². The molecule has 0 fully saturated rings. The van der Waals surface area contributed by atoms with Crippen molar-refractivity contribution in [3.8, 4) is 22.4 Å². The van der Waals surface area contributed by atoms with Crippen LogP contribution in [0.3, 0.4) is 0 Å². The third-order valence-corrected chi connectivity index (χ3v) is 13.6. The van der Waals surface area contributed by atoms with Gasteiger partial charge in [-0.05, 0) is 95.7 Å². The molecule has 2 aromatic carbocycles. The fourth-order valence-corrected chi connectivity index (χ4v) is 10.1. The van der Waals surface area contributed by atoms with Gasteiger partial charge in [0.2, 0.25) is 10.3 Å². The van der Waals surface area contributed by atoms with Crippen molar-refractivity contribution in [1.29, 1.82) is 10.5 Å². The number of benzene rings is 2. The monoisotopic (exact) mass is 1030 g/mol. The number of azo groups is 2. The smallest absolute Gasteiger partial charge is 0.236 e. The van der Waals surface area contributed by atoms with Crippen LogP contribution in [0.25, 0.3) is 15.9 Å². The van der Waals surface area contributed by atoms with Crippen molar-refractivity contribution < 1.29 is 0 Å². The van der Waals surface area contributed by atoms with Crippen molar-refractivity contribution in [2.24, 2.45) is 20.5 Å². The summed E-state index contributed by atoms with van der Waals surface area (Å²) in [6.45, 7) is 37.4. The number of H-pyrrole nitrogens is 1. The van der Waals surface area contributed by atoms with Gasteiger partial charge in [0.25, 0.3) is 0 Å². The van der Waals surface area contributed by atoms with Crippen LogP contribution < -0.4 is 10.2 Å². The van der Waals surface area contributed by atoms with Gasteiger partial charge in [-0.25, -0.2) is 4.98 Å². The van der Waals surface area contributed by atoms with Crippen molar-refractivity contribution in [3.63, 3.8) is 0 Å². The number of aromatic nitrogens is 11. The number of nitrogens with zero attached hydrogens (tertiary/aromatic N) is 17. The summed E-state index contributed by atoms with van der Waals surface area (Å²) in [5, 5.41) is 73.7. The highest BCUT2D eigenvalue weighted by Gasteiger charge is 2.33. The number of pyridine rings is 1. The maximum Gasteiger partial charge on any atom is 0.236 e. The molecule has 2 N–H and O–H groups in total. The molecule has 0 amide bonds. The minimum Gasteiger partial charge on any atom is -0.338 e. The van der Waals surface area contributed by atoms with Crippen LogP contribution in [0.2, 0.25) is 0 Å². The molecule has 0 aliphatic carbocycles. The van der Waals surface area contributed by atoms with E-state index in [1.54, 1.807) is 0 Å². The molecule has 0 radical (unpaired) electrons. The van der Waals surface area contributed by atoms with Crippen molar-refractivity contribution in [2.75, 3.05) is 16.8 Å². The van der Waals surface area contributed by atoms with Crippen molar-refractivity contribution in [1.82, 2.24) is 54.6 Å².